The van der Waals surface area contributed by atoms with E-state index in [1.807, 2.05) is 25.0 Å². The van der Waals surface area contributed by atoms with Crippen molar-refractivity contribution in [3.8, 4) is 0 Å². The number of H-pyrrole nitrogens is 2. The number of fused-ring (bicyclic) bond motifs is 8. The third-order valence-electron chi connectivity index (χ3n) is 15.0. The number of nitrogens with zero attached hydrogens (tertiary/aromatic N) is 6. The second-order valence-corrected chi connectivity index (χ2v) is 40.8. The van der Waals surface area contributed by atoms with Gasteiger partial charge in [0.25, 0.3) is 0 Å². The highest BCUT2D eigenvalue weighted by Crippen LogP contribution is 2.48. The van der Waals surface area contributed by atoms with Crippen molar-refractivity contribution in [1.82, 2.24) is 61.1 Å². The zero-order chi connectivity index (χ0) is 73.4. The average Bonchev–Trinajstić information content (AvgIpc) is 1.62. The predicted octanol–water partition coefficient (Wildman–Crippen LogP) is 19.9. The Balaban J connectivity index is 0.995. The molecule has 0 atom stereocenters. The van der Waals surface area contributed by atoms with E-state index in [4.69, 9.17) is 29.9 Å². The molecule has 0 aliphatic carbocycles. The Morgan fingerprint density at radius 2 is 0.519 bits per heavy atom. The number of thioether (sulfide) groups is 8. The van der Waals surface area contributed by atoms with Crippen LogP contribution in [-0.2, 0) is 19.2 Å². The highest BCUT2D eigenvalue weighted by Gasteiger charge is 2.29. The first-order valence-electron chi connectivity index (χ1n) is 33.7. The second kappa shape index (κ2) is 46.4. The smallest absolute Gasteiger partial charge is 0.220 e. The summed E-state index contributed by atoms with van der Waals surface area (Å²) in [5, 5.41) is 12.5. The Kier molecular flexibility index (Phi) is 37.8. The molecule has 8 bridgehead atoms. The van der Waals surface area contributed by atoms with Crippen molar-refractivity contribution in [2.24, 2.45) is 0 Å². The van der Waals surface area contributed by atoms with Crippen LogP contribution in [0, 0.1) is 27.7 Å². The summed E-state index contributed by atoms with van der Waals surface area (Å²) in [6.07, 6.45) is 12.0. The van der Waals surface area contributed by atoms with E-state index < -0.39 is 0 Å². The largest absolute Gasteiger partial charge is 0.355 e. The number of aromatic nitrogens is 8. The lowest BCUT2D eigenvalue weighted by atomic mass is 10.2. The molecule has 5 heterocycles. The summed E-state index contributed by atoms with van der Waals surface area (Å²) >= 11 is 12.7. The molecule has 104 heavy (non-hydrogen) atoms. The van der Waals surface area contributed by atoms with Crippen LogP contribution in [0.1, 0.15) is 96.9 Å². The van der Waals surface area contributed by atoms with Crippen molar-refractivity contribution < 1.29 is 19.2 Å². The average molecular weight is 1700 g/mol. The van der Waals surface area contributed by atoms with Crippen LogP contribution in [0.3, 0.4) is 0 Å². The van der Waals surface area contributed by atoms with E-state index in [9.17, 15) is 19.2 Å². The molecular weight excluding hydrogens is 1610 g/mol. The van der Waals surface area contributed by atoms with Crippen LogP contribution in [0.15, 0.2) is 136 Å². The molecule has 9 rings (SSSR count). The number of nitrogens with one attached hydrogen (secondary N) is 6. The number of aromatic amines is 2. The van der Waals surface area contributed by atoms with E-state index in [-0.39, 0.29) is 23.6 Å². The molecule has 7 aromatic rings. The van der Waals surface area contributed by atoms with E-state index in [0.717, 1.165) is 62.2 Å². The van der Waals surface area contributed by atoms with Gasteiger partial charge in [0.2, 0.25) is 23.6 Å². The van der Waals surface area contributed by atoms with Crippen LogP contribution in [0.2, 0.25) is 0 Å². The van der Waals surface area contributed by atoms with Gasteiger partial charge in [0.05, 0.1) is 39.2 Å². The molecule has 6 N–H and O–H groups in total. The van der Waals surface area contributed by atoms with E-state index in [1.165, 1.54) is 41.8 Å². The van der Waals surface area contributed by atoms with Gasteiger partial charge in [-0.15, -0.1) is 94.1 Å². The van der Waals surface area contributed by atoms with Gasteiger partial charge < -0.3 is 31.2 Å². The monoisotopic (exact) mass is 1690 g/mol. The summed E-state index contributed by atoms with van der Waals surface area (Å²) in [6, 6.07) is 33.9. The van der Waals surface area contributed by atoms with Crippen LogP contribution in [-0.4, -0.2) is 161 Å². The van der Waals surface area contributed by atoms with Crippen LogP contribution >= 0.6 is 180 Å². The van der Waals surface area contributed by atoms with Gasteiger partial charge in [0, 0.05) is 94.5 Å². The first kappa shape index (κ1) is 84.7. The Bertz CT molecular complexity index is 3700. The molecule has 0 saturated carbocycles. The molecule has 2 aliphatic rings. The van der Waals surface area contributed by atoms with E-state index in [2.05, 4.69) is 156 Å². The number of hydrogen-bond acceptors (Lipinski definition) is 26. The highest BCUT2D eigenvalue weighted by atomic mass is 33.1. The minimum atomic E-state index is 0.00570. The van der Waals surface area contributed by atoms with E-state index in [0.29, 0.717) is 146 Å². The number of benzene rings is 4. The Labute approximate surface area is 677 Å². The van der Waals surface area contributed by atoms with Gasteiger partial charge in [-0.2, -0.15) is 0 Å². The maximum Gasteiger partial charge on any atom is 0.220 e. The van der Waals surface area contributed by atoms with Crippen molar-refractivity contribution in [3.63, 3.8) is 0 Å². The van der Waals surface area contributed by atoms with Gasteiger partial charge in [-0.1, -0.05) is 157 Å². The molecule has 2 aliphatic heterocycles. The molecule has 0 unspecified atom stereocenters. The lowest BCUT2D eigenvalue weighted by Gasteiger charge is -2.08. The maximum absolute atomic E-state index is 13.4. The lowest BCUT2D eigenvalue weighted by Crippen LogP contribution is -2.25. The maximum atomic E-state index is 13.4. The zero-order valence-corrected chi connectivity index (χ0v) is 72.3. The number of rotatable bonds is 44. The quantitative estimate of drug-likeness (QED) is 0.0119. The van der Waals surface area contributed by atoms with Gasteiger partial charge in [0.15, 0.2) is 23.3 Å². The molecule has 0 saturated heterocycles. The number of carbonyl (C=O) groups is 4. The zero-order valence-electron chi connectivity index (χ0n) is 59.2. The SMILES string of the molecule is CSc1c(SC)c2nc3nc(nc4[nH]c(nc5nc(nc1[nH]2)C(SCCCC(=O)NCCSSc1ccc(C)cc1)=C5SCCCC(=O)NCCSSc1ccc(C)cc1)c(SC)c4SC)C(SCCCC(=O)NCCSSc1ccc(C)cc1)=C3SCCCC(=O)NCCSSc1ccc(C)cc1. The molecule has 0 spiro atoms. The summed E-state index contributed by atoms with van der Waals surface area (Å²) in [4.78, 5) is 105. The normalized spacial score (nSPS) is 12.2. The molecule has 4 aromatic carbocycles. The van der Waals surface area contributed by atoms with Gasteiger partial charge >= 0.3 is 0 Å². The Morgan fingerprint density at radius 1 is 0.308 bits per heavy atom. The molecule has 0 radical (unpaired) electrons. The Morgan fingerprint density at radius 3 is 0.721 bits per heavy atom. The standard InChI is InChI=1S/C72H86N12O4S16/c1-45-17-25-49(26-18-45)101-97-41-33-73-53(85)13-9-37-93-61-62(94-38-10-14-54(86)74-34-42-98-102-50-27-19-46(2)20-28-50)70-80-66-59(91-7)60(92-8)68(78-66)82-72-64(96-40-12-16-56(88)76-36-44-100-104-52-31-23-48(4)24-32-52)63(71(84-72)81-67-58(90-6)57(89-5)65(77-67)79-69(61)83-70)95-39-11-15-55(87)75-35-43-99-103-51-29-21-47(3)22-30-51/h17-32H,9-16,33-44H2,1-8H3,(H,73,85)(H,74,86)(H,75,87)(H,76,88)(H2,77,78,79,80,81,82,83,84). The van der Waals surface area contributed by atoms with Crippen molar-refractivity contribution >= 4 is 246 Å². The van der Waals surface area contributed by atoms with Crippen LogP contribution in [0.5, 0.6) is 0 Å². The molecule has 32 heteroatoms. The molecule has 0 fully saturated rings. The number of amides is 4. The van der Waals surface area contributed by atoms with Gasteiger partial charge in [-0.3, -0.25) is 19.2 Å². The van der Waals surface area contributed by atoms with Crippen molar-refractivity contribution in [1.29, 1.82) is 0 Å². The summed E-state index contributed by atoms with van der Waals surface area (Å²) in [5.74, 6) is 7.49. The van der Waals surface area contributed by atoms with Crippen molar-refractivity contribution in [2.75, 3.05) is 97.2 Å². The van der Waals surface area contributed by atoms with Gasteiger partial charge in [-0.05, 0) is 150 Å². The van der Waals surface area contributed by atoms with Crippen LogP contribution in [0.4, 0.5) is 0 Å². The van der Waals surface area contributed by atoms with Gasteiger partial charge in [0.1, 0.15) is 22.6 Å². The summed E-state index contributed by atoms with van der Waals surface area (Å²) in [7, 11) is 13.8. The van der Waals surface area contributed by atoms with Crippen molar-refractivity contribution in [3.05, 3.63) is 143 Å². The minimum Gasteiger partial charge on any atom is -0.355 e. The van der Waals surface area contributed by atoms with Crippen LogP contribution < -0.4 is 21.3 Å². The summed E-state index contributed by atoms with van der Waals surface area (Å²) in [5.41, 5.74) is 7.23. The fraction of sp³-hybridized carbons (Fsp3) is 0.389. The fourth-order valence-corrected chi connectivity index (χ4v) is 25.0. The van der Waals surface area contributed by atoms with E-state index in [1.54, 1.807) is 180 Å². The number of carbonyl (C=O) groups excluding carboxylic acids is 4. The van der Waals surface area contributed by atoms with Crippen LogP contribution in [0.25, 0.3) is 42.2 Å². The second-order valence-electron chi connectivity index (χ2n) is 23.1. The molecular formula is C72H86N12O4S16. The fourth-order valence-electron chi connectivity index (χ4n) is 9.73. The van der Waals surface area contributed by atoms with Crippen molar-refractivity contribution in [2.45, 2.75) is 118 Å². The van der Waals surface area contributed by atoms with E-state index >= 15 is 0 Å². The highest BCUT2D eigenvalue weighted by molar-refractivity contribution is 8.77. The third kappa shape index (κ3) is 27.6. The summed E-state index contributed by atoms with van der Waals surface area (Å²) in [6.45, 7) is 10.6. The van der Waals surface area contributed by atoms with Gasteiger partial charge in [-0.25, -0.2) is 29.9 Å². The molecule has 3 aromatic heterocycles. The first-order valence-corrected chi connectivity index (χ1v) is 51.8. The lowest BCUT2D eigenvalue weighted by molar-refractivity contribution is -0.121. The Hall–Kier alpha value is -3.32. The number of hydrogen-bond donors (Lipinski definition) is 6. The first-order chi connectivity index (χ1) is 50.7. The molecule has 554 valence electrons. The number of aryl methyl sites for hydroxylation is 4. The topological polar surface area (TPSA) is 225 Å². The predicted molar refractivity (Wildman–Crippen MR) is 470 cm³/mol. The third-order valence-corrected chi connectivity index (χ3v) is 32.9. The minimum absolute atomic E-state index is 0.00570. The molecule has 4 amide bonds. The summed E-state index contributed by atoms with van der Waals surface area (Å²) < 4.78 is 0. The molecule has 16 nitrogen and oxygen atoms in total.